The molecule has 2 saturated carbocycles. The molecule has 0 N–H and O–H groups in total. The standard InChI is InChI=1S/C15H27OS.CHF3O3S/c1-17(14-10-6-3-7-11-14)12-15(16)13-8-4-2-5-9-13;2-1(3,4)8(5,6)7/h13-14H,2-12H2,1H3;(H,5,6,7)/q+1;/p-1. The number of carbonyl (C=O) groups is 1. The number of alkyl halides is 3. The van der Waals surface area contributed by atoms with Crippen molar-refractivity contribution in [1.82, 2.24) is 0 Å². The van der Waals surface area contributed by atoms with Crippen molar-refractivity contribution in [2.24, 2.45) is 5.92 Å². The van der Waals surface area contributed by atoms with E-state index in [4.69, 9.17) is 13.0 Å². The van der Waals surface area contributed by atoms with Crippen molar-refractivity contribution in [3.05, 3.63) is 0 Å². The highest BCUT2D eigenvalue weighted by molar-refractivity contribution is 7.97. The number of ketones is 1. The van der Waals surface area contributed by atoms with Crippen molar-refractivity contribution in [2.45, 2.75) is 75.0 Å². The third-order valence-electron chi connectivity index (χ3n) is 4.84. The average molecular weight is 405 g/mol. The van der Waals surface area contributed by atoms with Crippen LogP contribution in [-0.4, -0.2) is 41.5 Å². The second-order valence-electron chi connectivity index (χ2n) is 6.80. The predicted octanol–water partition coefficient (Wildman–Crippen LogP) is 3.77. The maximum absolute atomic E-state index is 12.3. The first-order chi connectivity index (χ1) is 11.5. The maximum atomic E-state index is 12.3. The normalized spacial score (nSPS) is 22.0. The highest BCUT2D eigenvalue weighted by Gasteiger charge is 2.37. The smallest absolute Gasteiger partial charge is 0.485 e. The Kier molecular flexibility index (Phi) is 9.25. The topological polar surface area (TPSA) is 74.3 Å². The SMILES string of the molecule is C[S+](CC(=O)C1CCCCC1)C1CCCCC1.O=S(=O)([O-])C(F)(F)F. The van der Waals surface area contributed by atoms with Gasteiger partial charge in [-0.1, -0.05) is 25.7 Å². The second kappa shape index (κ2) is 10.2. The van der Waals surface area contributed by atoms with E-state index in [9.17, 15) is 18.0 Å². The van der Waals surface area contributed by atoms with E-state index >= 15 is 0 Å². The second-order valence-corrected chi connectivity index (χ2v) is 10.5. The molecule has 0 radical (unpaired) electrons. The number of hydrogen-bond acceptors (Lipinski definition) is 4. The lowest BCUT2D eigenvalue weighted by atomic mass is 9.87. The highest BCUT2D eigenvalue weighted by atomic mass is 32.2. The van der Waals surface area contributed by atoms with Crippen LogP contribution in [0.2, 0.25) is 0 Å². The highest BCUT2D eigenvalue weighted by Crippen LogP contribution is 2.28. The molecule has 0 saturated heterocycles. The Morgan fingerprint density at radius 1 is 1.00 bits per heavy atom. The molecule has 2 fully saturated rings. The van der Waals surface area contributed by atoms with E-state index in [2.05, 4.69) is 6.26 Å². The monoisotopic (exact) mass is 404 g/mol. The van der Waals surface area contributed by atoms with Gasteiger partial charge in [0.2, 0.25) is 0 Å². The number of hydrogen-bond donors (Lipinski definition) is 0. The largest absolute Gasteiger partial charge is 0.741 e. The number of carbonyl (C=O) groups excluding carboxylic acids is 1. The number of halogens is 3. The molecule has 0 spiro atoms. The molecular formula is C16H27F3O4S2. The van der Waals surface area contributed by atoms with E-state index in [0.29, 0.717) is 22.6 Å². The molecule has 148 valence electrons. The van der Waals surface area contributed by atoms with Crippen LogP contribution in [0.3, 0.4) is 0 Å². The molecule has 1 atom stereocenters. The lowest BCUT2D eigenvalue weighted by molar-refractivity contribution is -0.121. The summed E-state index contributed by atoms with van der Waals surface area (Å²) < 4.78 is 58.9. The maximum Gasteiger partial charge on any atom is 0.485 e. The number of rotatable bonds is 4. The molecule has 0 aromatic rings. The van der Waals surface area contributed by atoms with Crippen molar-refractivity contribution < 1.29 is 30.9 Å². The Balaban J connectivity index is 0.000000333. The zero-order valence-electron chi connectivity index (χ0n) is 14.5. The molecular weight excluding hydrogens is 377 g/mol. The van der Waals surface area contributed by atoms with Gasteiger partial charge in [-0.3, -0.25) is 4.79 Å². The van der Waals surface area contributed by atoms with Gasteiger partial charge in [0.15, 0.2) is 21.7 Å². The molecule has 0 aromatic carbocycles. The summed E-state index contributed by atoms with van der Waals surface area (Å²) in [6.45, 7) is 0. The summed E-state index contributed by atoms with van der Waals surface area (Å²) in [5, 5.41) is 0.872. The van der Waals surface area contributed by atoms with E-state index in [1.54, 1.807) is 0 Å². The molecule has 25 heavy (non-hydrogen) atoms. The molecule has 1 unspecified atom stereocenters. The van der Waals surface area contributed by atoms with Gasteiger partial charge in [0, 0.05) is 5.92 Å². The molecule has 2 rings (SSSR count). The van der Waals surface area contributed by atoms with Gasteiger partial charge in [-0.05, 0) is 49.4 Å². The van der Waals surface area contributed by atoms with Gasteiger partial charge in [0.05, 0.1) is 6.26 Å². The van der Waals surface area contributed by atoms with Gasteiger partial charge in [0.25, 0.3) is 0 Å². The summed E-state index contributed by atoms with van der Waals surface area (Å²) in [6, 6.07) is 0. The minimum Gasteiger partial charge on any atom is -0.741 e. The fourth-order valence-electron chi connectivity index (χ4n) is 3.35. The summed E-state index contributed by atoms with van der Waals surface area (Å²) in [6.07, 6.45) is 15.6. The quantitative estimate of drug-likeness (QED) is 0.406. The fourth-order valence-corrected chi connectivity index (χ4v) is 5.41. The van der Waals surface area contributed by atoms with E-state index in [1.807, 2.05) is 0 Å². The zero-order chi connectivity index (χ0) is 19.1. The first-order valence-corrected chi connectivity index (χ1v) is 12.0. The third-order valence-corrected chi connectivity index (χ3v) is 7.75. The van der Waals surface area contributed by atoms with Crippen molar-refractivity contribution in [2.75, 3.05) is 12.0 Å². The van der Waals surface area contributed by atoms with E-state index in [-0.39, 0.29) is 0 Å². The van der Waals surface area contributed by atoms with Crippen molar-refractivity contribution >= 4 is 26.8 Å². The third kappa shape index (κ3) is 8.30. The molecule has 2 aliphatic rings. The number of Topliss-reactive ketones (excluding diaryl/α,β-unsaturated/α-hetero) is 1. The molecule has 0 aliphatic heterocycles. The van der Waals surface area contributed by atoms with Crippen molar-refractivity contribution in [3.8, 4) is 0 Å². The molecule has 9 heteroatoms. The van der Waals surface area contributed by atoms with E-state index < -0.39 is 15.6 Å². The van der Waals surface area contributed by atoms with Gasteiger partial charge in [0.1, 0.15) is 5.25 Å². The Morgan fingerprint density at radius 3 is 1.80 bits per heavy atom. The first-order valence-electron chi connectivity index (χ1n) is 8.68. The van der Waals surface area contributed by atoms with Gasteiger partial charge in [-0.2, -0.15) is 13.2 Å². The Labute approximate surface area is 151 Å². The van der Waals surface area contributed by atoms with Gasteiger partial charge in [-0.15, -0.1) is 0 Å². The summed E-state index contributed by atoms with van der Waals surface area (Å²) in [5.74, 6) is 1.93. The predicted molar refractivity (Wildman–Crippen MR) is 92.4 cm³/mol. The van der Waals surface area contributed by atoms with Crippen molar-refractivity contribution in [3.63, 3.8) is 0 Å². The molecule has 0 aromatic heterocycles. The van der Waals surface area contributed by atoms with Gasteiger partial charge in [-0.25, -0.2) is 8.42 Å². The van der Waals surface area contributed by atoms with Crippen LogP contribution in [0.4, 0.5) is 13.2 Å². The molecule has 4 nitrogen and oxygen atoms in total. The average Bonchev–Trinajstić information content (AvgIpc) is 2.55. The summed E-state index contributed by atoms with van der Waals surface area (Å²) >= 11 is 0. The van der Waals surface area contributed by atoms with Crippen LogP contribution in [0.25, 0.3) is 0 Å². The minimum absolute atomic E-state index is 0.362. The van der Waals surface area contributed by atoms with Crippen LogP contribution in [0, 0.1) is 5.92 Å². The Hall–Kier alpha value is -0.280. The molecule has 0 heterocycles. The summed E-state index contributed by atoms with van der Waals surface area (Å²) in [7, 11) is -5.73. The van der Waals surface area contributed by atoms with Gasteiger partial charge < -0.3 is 4.55 Å². The van der Waals surface area contributed by atoms with Crippen LogP contribution in [0.5, 0.6) is 0 Å². The van der Waals surface area contributed by atoms with Crippen LogP contribution < -0.4 is 0 Å². The minimum atomic E-state index is -6.09. The van der Waals surface area contributed by atoms with Crippen LogP contribution in [0.1, 0.15) is 64.2 Å². The summed E-state index contributed by atoms with van der Waals surface area (Å²) in [5.41, 5.74) is -5.65. The fraction of sp³-hybridized carbons (Fsp3) is 0.938. The molecule has 2 aliphatic carbocycles. The van der Waals surface area contributed by atoms with Crippen molar-refractivity contribution in [1.29, 1.82) is 0 Å². The Morgan fingerprint density at radius 2 is 1.40 bits per heavy atom. The van der Waals surface area contributed by atoms with Crippen LogP contribution in [0.15, 0.2) is 0 Å². The molecule has 0 bridgehead atoms. The summed E-state index contributed by atoms with van der Waals surface area (Å²) in [4.78, 5) is 12.3. The Bertz CT molecular complexity index is 508. The van der Waals surface area contributed by atoms with Gasteiger partial charge >= 0.3 is 5.51 Å². The zero-order valence-corrected chi connectivity index (χ0v) is 16.1. The first kappa shape index (κ1) is 22.8. The lowest BCUT2D eigenvalue weighted by Gasteiger charge is -2.23. The van der Waals surface area contributed by atoms with Crippen LogP contribution in [-0.2, 0) is 25.8 Å². The van der Waals surface area contributed by atoms with E-state index in [0.717, 1.165) is 11.0 Å². The lowest BCUT2D eigenvalue weighted by Crippen LogP contribution is -2.32. The molecule has 0 amide bonds. The van der Waals surface area contributed by atoms with Crippen LogP contribution >= 0.6 is 0 Å². The van der Waals surface area contributed by atoms with E-state index in [1.165, 1.54) is 64.2 Å².